The molecule has 2 fully saturated rings. The highest BCUT2D eigenvalue weighted by Crippen LogP contribution is 2.31. The van der Waals surface area contributed by atoms with E-state index in [1.807, 2.05) is 0 Å². The lowest BCUT2D eigenvalue weighted by molar-refractivity contribution is 0.0346. The van der Waals surface area contributed by atoms with Crippen molar-refractivity contribution in [3.05, 3.63) is 0 Å². The summed E-state index contributed by atoms with van der Waals surface area (Å²) >= 11 is 0. The van der Waals surface area contributed by atoms with Crippen molar-refractivity contribution in [2.45, 2.75) is 57.5 Å². The largest absolute Gasteiger partial charge is 0.381 e. The van der Waals surface area contributed by atoms with Gasteiger partial charge in [0.1, 0.15) is 0 Å². The van der Waals surface area contributed by atoms with Crippen molar-refractivity contribution in [1.29, 1.82) is 0 Å². The molecule has 1 heterocycles. The maximum absolute atomic E-state index is 5.41. The van der Waals surface area contributed by atoms with Crippen LogP contribution in [0.2, 0.25) is 0 Å². The molecule has 1 saturated heterocycles. The van der Waals surface area contributed by atoms with Crippen LogP contribution in [0.3, 0.4) is 0 Å². The highest BCUT2D eigenvalue weighted by molar-refractivity contribution is 4.90. The Kier molecular flexibility index (Phi) is 3.13. The van der Waals surface area contributed by atoms with Crippen LogP contribution in [0.15, 0.2) is 0 Å². The van der Waals surface area contributed by atoms with Crippen molar-refractivity contribution in [2.24, 2.45) is 5.92 Å². The van der Waals surface area contributed by atoms with Crippen LogP contribution in [0.25, 0.3) is 0 Å². The van der Waals surface area contributed by atoms with Crippen LogP contribution in [-0.4, -0.2) is 24.8 Å². The molecule has 2 heteroatoms. The molecule has 1 aliphatic heterocycles. The van der Waals surface area contributed by atoms with E-state index in [1.165, 1.54) is 32.1 Å². The zero-order chi connectivity index (χ0) is 10.0. The normalized spacial score (nSPS) is 29.6. The number of ether oxygens (including phenoxy) is 1. The lowest BCUT2D eigenvalue weighted by Gasteiger charge is -2.41. The average molecular weight is 197 g/mol. The van der Waals surface area contributed by atoms with Crippen LogP contribution in [0.1, 0.15) is 46.0 Å². The minimum Gasteiger partial charge on any atom is -0.381 e. The Morgan fingerprint density at radius 1 is 1.29 bits per heavy atom. The summed E-state index contributed by atoms with van der Waals surface area (Å²) in [5, 5.41) is 3.82. The summed E-state index contributed by atoms with van der Waals surface area (Å²) in [7, 11) is 0. The van der Waals surface area contributed by atoms with E-state index in [4.69, 9.17) is 4.74 Å². The van der Waals surface area contributed by atoms with Gasteiger partial charge in [0.15, 0.2) is 0 Å². The van der Waals surface area contributed by atoms with Crippen LogP contribution >= 0.6 is 0 Å². The molecule has 0 amide bonds. The maximum Gasteiger partial charge on any atom is 0.0483 e. The molecule has 1 aliphatic carbocycles. The molecular weight excluding hydrogens is 174 g/mol. The number of hydrogen-bond acceptors (Lipinski definition) is 2. The van der Waals surface area contributed by atoms with Gasteiger partial charge < -0.3 is 10.1 Å². The fourth-order valence-corrected chi connectivity index (χ4v) is 2.57. The van der Waals surface area contributed by atoms with E-state index in [9.17, 15) is 0 Å². The van der Waals surface area contributed by atoms with Gasteiger partial charge in [-0.25, -0.2) is 0 Å². The maximum atomic E-state index is 5.41. The number of hydrogen-bond donors (Lipinski definition) is 1. The molecule has 1 unspecified atom stereocenters. The monoisotopic (exact) mass is 197 g/mol. The molecule has 0 aromatic heterocycles. The average Bonchev–Trinajstić information content (AvgIpc) is 2.00. The minimum absolute atomic E-state index is 0.341. The lowest BCUT2D eigenvalue weighted by Crippen LogP contribution is -2.53. The highest BCUT2D eigenvalue weighted by Gasteiger charge is 2.32. The van der Waals surface area contributed by atoms with Gasteiger partial charge in [-0.1, -0.05) is 6.42 Å². The van der Waals surface area contributed by atoms with Crippen molar-refractivity contribution in [1.82, 2.24) is 5.32 Å². The highest BCUT2D eigenvalue weighted by atomic mass is 16.5. The predicted molar refractivity (Wildman–Crippen MR) is 58.4 cm³/mol. The first-order chi connectivity index (χ1) is 6.70. The molecule has 0 bridgehead atoms. The third-order valence-corrected chi connectivity index (χ3v) is 4.03. The second-order valence-electron chi connectivity index (χ2n) is 5.30. The van der Waals surface area contributed by atoms with E-state index >= 15 is 0 Å². The summed E-state index contributed by atoms with van der Waals surface area (Å²) in [6.45, 7) is 6.57. The van der Waals surface area contributed by atoms with Crippen LogP contribution in [0, 0.1) is 5.92 Å². The van der Waals surface area contributed by atoms with Gasteiger partial charge in [0.2, 0.25) is 0 Å². The molecule has 0 radical (unpaired) electrons. The van der Waals surface area contributed by atoms with E-state index in [1.54, 1.807) is 0 Å². The summed E-state index contributed by atoms with van der Waals surface area (Å²) in [6.07, 6.45) is 6.64. The summed E-state index contributed by atoms with van der Waals surface area (Å²) in [6, 6.07) is 0.701. The predicted octanol–water partition coefficient (Wildman–Crippen LogP) is 2.33. The van der Waals surface area contributed by atoms with Crippen LogP contribution in [0.4, 0.5) is 0 Å². The van der Waals surface area contributed by atoms with E-state index in [2.05, 4.69) is 19.2 Å². The molecule has 2 aliphatic rings. The first-order valence-corrected chi connectivity index (χ1v) is 6.05. The Morgan fingerprint density at radius 2 is 1.93 bits per heavy atom. The fourth-order valence-electron chi connectivity index (χ4n) is 2.57. The smallest absolute Gasteiger partial charge is 0.0483 e. The zero-order valence-electron chi connectivity index (χ0n) is 9.51. The Hall–Kier alpha value is -0.0800. The summed E-state index contributed by atoms with van der Waals surface area (Å²) in [4.78, 5) is 0. The number of rotatable bonds is 3. The molecular formula is C12H23NO. The molecule has 2 rings (SSSR count). The quantitative estimate of drug-likeness (QED) is 0.750. The summed E-state index contributed by atoms with van der Waals surface area (Å²) in [5.41, 5.74) is 0.341. The molecule has 1 saturated carbocycles. The second kappa shape index (κ2) is 4.19. The van der Waals surface area contributed by atoms with Gasteiger partial charge in [0.05, 0.1) is 0 Å². The third kappa shape index (κ3) is 2.29. The van der Waals surface area contributed by atoms with Crippen molar-refractivity contribution < 1.29 is 4.74 Å². The van der Waals surface area contributed by atoms with E-state index in [0.29, 0.717) is 11.6 Å². The van der Waals surface area contributed by atoms with Gasteiger partial charge in [0, 0.05) is 24.8 Å². The second-order valence-corrected chi connectivity index (χ2v) is 5.30. The molecule has 0 aromatic rings. The van der Waals surface area contributed by atoms with Crippen molar-refractivity contribution >= 4 is 0 Å². The van der Waals surface area contributed by atoms with Crippen molar-refractivity contribution in [3.8, 4) is 0 Å². The summed E-state index contributed by atoms with van der Waals surface area (Å²) in [5.74, 6) is 0.940. The molecule has 1 atom stereocenters. The standard InChI is InChI=1S/C12H23NO/c1-10(11-4-3-5-11)13-12(2)6-8-14-9-7-12/h10-11,13H,3-9H2,1-2H3. The van der Waals surface area contributed by atoms with Crippen LogP contribution < -0.4 is 5.32 Å². The Balaban J connectivity index is 1.81. The van der Waals surface area contributed by atoms with Gasteiger partial charge in [-0.2, -0.15) is 0 Å². The van der Waals surface area contributed by atoms with Gasteiger partial charge in [-0.05, 0) is 45.4 Å². The first kappa shape index (κ1) is 10.4. The Morgan fingerprint density at radius 3 is 2.43 bits per heavy atom. The molecule has 1 N–H and O–H groups in total. The van der Waals surface area contributed by atoms with Gasteiger partial charge in [-0.3, -0.25) is 0 Å². The Labute approximate surface area is 87.4 Å². The molecule has 14 heavy (non-hydrogen) atoms. The SMILES string of the molecule is CC(NC1(C)CCOCC1)C1CCC1. The van der Waals surface area contributed by atoms with Gasteiger partial charge >= 0.3 is 0 Å². The van der Waals surface area contributed by atoms with Crippen molar-refractivity contribution in [2.75, 3.05) is 13.2 Å². The summed E-state index contributed by atoms with van der Waals surface area (Å²) < 4.78 is 5.41. The van der Waals surface area contributed by atoms with E-state index in [0.717, 1.165) is 19.1 Å². The van der Waals surface area contributed by atoms with E-state index < -0.39 is 0 Å². The van der Waals surface area contributed by atoms with Gasteiger partial charge in [0.25, 0.3) is 0 Å². The molecule has 2 nitrogen and oxygen atoms in total. The van der Waals surface area contributed by atoms with E-state index in [-0.39, 0.29) is 0 Å². The topological polar surface area (TPSA) is 21.3 Å². The zero-order valence-corrected chi connectivity index (χ0v) is 9.51. The minimum atomic E-state index is 0.341. The molecule has 82 valence electrons. The van der Waals surface area contributed by atoms with Crippen molar-refractivity contribution in [3.63, 3.8) is 0 Å². The lowest BCUT2D eigenvalue weighted by atomic mass is 9.79. The molecule has 0 spiro atoms. The van der Waals surface area contributed by atoms with Crippen LogP contribution in [-0.2, 0) is 4.74 Å². The molecule has 0 aromatic carbocycles. The van der Waals surface area contributed by atoms with Crippen LogP contribution in [0.5, 0.6) is 0 Å². The fraction of sp³-hybridized carbons (Fsp3) is 1.00. The van der Waals surface area contributed by atoms with Gasteiger partial charge in [-0.15, -0.1) is 0 Å². The third-order valence-electron chi connectivity index (χ3n) is 4.03. The Bertz CT molecular complexity index is 183. The number of nitrogens with one attached hydrogen (secondary N) is 1. The first-order valence-electron chi connectivity index (χ1n) is 6.05.